The van der Waals surface area contributed by atoms with E-state index in [0.717, 1.165) is 16.9 Å². The fraction of sp³-hybridized carbons (Fsp3) is 0.125. The summed E-state index contributed by atoms with van der Waals surface area (Å²) in [4.78, 5) is 4.30. The summed E-state index contributed by atoms with van der Waals surface area (Å²) in [6.07, 6.45) is 0. The van der Waals surface area contributed by atoms with Crippen molar-refractivity contribution < 1.29 is 9.26 Å². The van der Waals surface area contributed by atoms with Crippen LogP contribution in [0.3, 0.4) is 0 Å². The predicted octanol–water partition coefficient (Wildman–Crippen LogP) is 4.28. The van der Waals surface area contributed by atoms with Crippen LogP contribution in [0.4, 0.5) is 0 Å². The maximum absolute atomic E-state index is 6.11. The predicted molar refractivity (Wildman–Crippen MR) is 80.3 cm³/mol. The average molecular weight is 301 g/mol. The van der Waals surface area contributed by atoms with Crippen LogP contribution in [0.25, 0.3) is 11.4 Å². The van der Waals surface area contributed by atoms with E-state index >= 15 is 0 Å². The zero-order chi connectivity index (χ0) is 14.7. The molecular formula is C16H13ClN2O2. The van der Waals surface area contributed by atoms with E-state index in [9.17, 15) is 0 Å². The number of aromatic nitrogens is 2. The first kappa shape index (κ1) is 13.6. The highest BCUT2D eigenvalue weighted by Crippen LogP contribution is 2.25. The monoisotopic (exact) mass is 300 g/mol. The van der Waals surface area contributed by atoms with Crippen molar-refractivity contribution >= 4 is 11.6 Å². The molecule has 106 valence electrons. The number of hydrogen-bond donors (Lipinski definition) is 0. The van der Waals surface area contributed by atoms with Crippen molar-refractivity contribution in [3.63, 3.8) is 0 Å². The van der Waals surface area contributed by atoms with Crippen molar-refractivity contribution in [3.8, 4) is 17.1 Å². The average Bonchev–Trinajstić information content (AvgIpc) is 2.96. The van der Waals surface area contributed by atoms with Crippen LogP contribution in [-0.4, -0.2) is 10.1 Å². The molecule has 0 fully saturated rings. The fourth-order valence-corrected chi connectivity index (χ4v) is 2.14. The number of hydrogen-bond acceptors (Lipinski definition) is 4. The van der Waals surface area contributed by atoms with Gasteiger partial charge in [-0.3, -0.25) is 0 Å². The first-order valence-electron chi connectivity index (χ1n) is 6.50. The molecule has 3 rings (SSSR count). The Labute approximate surface area is 127 Å². The number of benzene rings is 2. The summed E-state index contributed by atoms with van der Waals surface area (Å²) in [6.45, 7) is 2.21. The smallest absolute Gasteiger partial charge is 0.264 e. The second-order valence-corrected chi connectivity index (χ2v) is 4.95. The van der Waals surface area contributed by atoms with Gasteiger partial charge in [0.2, 0.25) is 5.82 Å². The summed E-state index contributed by atoms with van der Waals surface area (Å²) in [5.41, 5.74) is 1.80. The Morgan fingerprint density at radius 2 is 1.86 bits per heavy atom. The molecular weight excluding hydrogens is 288 g/mol. The summed E-state index contributed by atoms with van der Waals surface area (Å²) < 4.78 is 10.9. The molecule has 1 heterocycles. The van der Waals surface area contributed by atoms with E-state index in [0.29, 0.717) is 16.7 Å². The van der Waals surface area contributed by atoms with Crippen LogP contribution in [0, 0.1) is 6.92 Å². The minimum Gasteiger partial charge on any atom is -0.483 e. The molecule has 0 amide bonds. The second-order valence-electron chi connectivity index (χ2n) is 4.55. The molecule has 0 bridgehead atoms. The SMILES string of the molecule is Cc1ccccc1OCc1nc(-c2ccccc2Cl)no1. The third-order valence-electron chi connectivity index (χ3n) is 3.03. The molecule has 21 heavy (non-hydrogen) atoms. The van der Waals surface area contributed by atoms with Crippen LogP contribution in [0.5, 0.6) is 5.75 Å². The van der Waals surface area contributed by atoms with Crippen molar-refractivity contribution in [1.29, 1.82) is 0 Å². The standard InChI is InChI=1S/C16H13ClN2O2/c1-11-6-2-5-9-14(11)20-10-15-18-16(19-21-15)12-7-3-4-8-13(12)17/h2-9H,10H2,1H3. The molecule has 0 N–H and O–H groups in total. The molecule has 3 aromatic rings. The molecule has 0 aliphatic carbocycles. The number of para-hydroxylation sites is 1. The molecule has 0 saturated heterocycles. The lowest BCUT2D eigenvalue weighted by Gasteiger charge is -2.05. The third kappa shape index (κ3) is 3.06. The quantitative estimate of drug-likeness (QED) is 0.721. The Kier molecular flexibility index (Phi) is 3.88. The highest BCUT2D eigenvalue weighted by molar-refractivity contribution is 6.33. The van der Waals surface area contributed by atoms with Crippen molar-refractivity contribution in [2.45, 2.75) is 13.5 Å². The zero-order valence-electron chi connectivity index (χ0n) is 11.4. The Bertz CT molecular complexity index is 755. The van der Waals surface area contributed by atoms with Crippen LogP contribution in [-0.2, 0) is 6.61 Å². The lowest BCUT2D eigenvalue weighted by molar-refractivity contribution is 0.242. The van der Waals surface area contributed by atoms with E-state index in [1.807, 2.05) is 49.4 Å². The minimum absolute atomic E-state index is 0.225. The highest BCUT2D eigenvalue weighted by Gasteiger charge is 2.12. The van der Waals surface area contributed by atoms with Gasteiger partial charge in [0.25, 0.3) is 5.89 Å². The van der Waals surface area contributed by atoms with Crippen molar-refractivity contribution in [2.24, 2.45) is 0 Å². The summed E-state index contributed by atoms with van der Waals surface area (Å²) in [5.74, 6) is 1.67. The number of nitrogens with zero attached hydrogens (tertiary/aromatic N) is 2. The topological polar surface area (TPSA) is 48.2 Å². The van der Waals surface area contributed by atoms with Crippen LogP contribution in [0.15, 0.2) is 53.1 Å². The summed E-state index contributed by atoms with van der Waals surface area (Å²) in [5, 5.41) is 4.52. The van der Waals surface area contributed by atoms with E-state index in [-0.39, 0.29) is 6.61 Å². The molecule has 0 spiro atoms. The van der Waals surface area contributed by atoms with Crippen LogP contribution < -0.4 is 4.74 Å². The maximum Gasteiger partial charge on any atom is 0.264 e. The van der Waals surface area contributed by atoms with Gasteiger partial charge in [-0.25, -0.2) is 0 Å². The molecule has 0 unspecified atom stereocenters. The Morgan fingerprint density at radius 3 is 2.67 bits per heavy atom. The van der Waals surface area contributed by atoms with Crippen molar-refractivity contribution in [2.75, 3.05) is 0 Å². The summed E-state index contributed by atoms with van der Waals surface area (Å²) in [6, 6.07) is 15.1. The lowest BCUT2D eigenvalue weighted by atomic mass is 10.2. The highest BCUT2D eigenvalue weighted by atomic mass is 35.5. The van der Waals surface area contributed by atoms with Gasteiger partial charge in [-0.15, -0.1) is 0 Å². The number of ether oxygens (including phenoxy) is 1. The van der Waals surface area contributed by atoms with E-state index in [4.69, 9.17) is 20.9 Å². The first-order chi connectivity index (χ1) is 10.2. The third-order valence-corrected chi connectivity index (χ3v) is 3.36. The van der Waals surface area contributed by atoms with Crippen molar-refractivity contribution in [1.82, 2.24) is 10.1 Å². The van der Waals surface area contributed by atoms with Gasteiger partial charge in [-0.1, -0.05) is 47.1 Å². The Morgan fingerprint density at radius 1 is 1.10 bits per heavy atom. The fourth-order valence-electron chi connectivity index (χ4n) is 1.92. The minimum atomic E-state index is 0.225. The Balaban J connectivity index is 1.74. The number of halogens is 1. The molecule has 0 aliphatic heterocycles. The van der Waals surface area contributed by atoms with E-state index in [1.54, 1.807) is 6.07 Å². The van der Waals surface area contributed by atoms with E-state index < -0.39 is 0 Å². The normalized spacial score (nSPS) is 10.6. The zero-order valence-corrected chi connectivity index (χ0v) is 12.2. The van der Waals surface area contributed by atoms with Crippen LogP contribution in [0.1, 0.15) is 11.5 Å². The van der Waals surface area contributed by atoms with Gasteiger partial charge in [0.1, 0.15) is 5.75 Å². The molecule has 1 aromatic heterocycles. The van der Waals surface area contributed by atoms with Crippen LogP contribution >= 0.6 is 11.6 Å². The Hall–Kier alpha value is -2.33. The number of aryl methyl sites for hydroxylation is 1. The lowest BCUT2D eigenvalue weighted by Crippen LogP contribution is -1.97. The summed E-state index contributed by atoms with van der Waals surface area (Å²) >= 11 is 6.11. The second kappa shape index (κ2) is 5.97. The molecule has 4 nitrogen and oxygen atoms in total. The van der Waals surface area contributed by atoms with Gasteiger partial charge in [0.15, 0.2) is 6.61 Å². The summed E-state index contributed by atoms with van der Waals surface area (Å²) in [7, 11) is 0. The molecule has 0 saturated carbocycles. The van der Waals surface area contributed by atoms with Gasteiger partial charge in [-0.2, -0.15) is 4.98 Å². The molecule has 2 aromatic carbocycles. The van der Waals surface area contributed by atoms with Gasteiger partial charge < -0.3 is 9.26 Å². The van der Waals surface area contributed by atoms with Gasteiger partial charge in [0, 0.05) is 5.56 Å². The van der Waals surface area contributed by atoms with Gasteiger partial charge >= 0.3 is 0 Å². The molecule has 0 radical (unpaired) electrons. The van der Waals surface area contributed by atoms with Crippen LogP contribution in [0.2, 0.25) is 5.02 Å². The van der Waals surface area contributed by atoms with Gasteiger partial charge in [0.05, 0.1) is 5.02 Å². The number of rotatable bonds is 4. The van der Waals surface area contributed by atoms with Crippen molar-refractivity contribution in [3.05, 3.63) is 65.0 Å². The van der Waals surface area contributed by atoms with E-state index in [1.165, 1.54) is 0 Å². The molecule has 5 heteroatoms. The van der Waals surface area contributed by atoms with E-state index in [2.05, 4.69) is 10.1 Å². The molecule has 0 atom stereocenters. The largest absolute Gasteiger partial charge is 0.483 e. The molecule has 0 aliphatic rings. The first-order valence-corrected chi connectivity index (χ1v) is 6.88. The van der Waals surface area contributed by atoms with Gasteiger partial charge in [-0.05, 0) is 30.7 Å². The maximum atomic E-state index is 6.11.